The van der Waals surface area contributed by atoms with Gasteiger partial charge in [0.1, 0.15) is 5.82 Å². The number of carbonyl (C=O) groups excluding carboxylic acids is 2. The quantitative estimate of drug-likeness (QED) is 0.525. The molecule has 3 rings (SSSR count). The van der Waals surface area contributed by atoms with E-state index in [9.17, 15) is 27.2 Å². The van der Waals surface area contributed by atoms with Crippen molar-refractivity contribution in [1.82, 2.24) is 10.6 Å². The molecule has 32 heavy (non-hydrogen) atoms. The molecule has 2 amide bonds. The van der Waals surface area contributed by atoms with Crippen LogP contribution in [0.2, 0.25) is 10.0 Å². The molecule has 2 N–H and O–H groups in total. The van der Waals surface area contributed by atoms with Crippen molar-refractivity contribution >= 4 is 35.0 Å². The Balaban J connectivity index is 1.56. The van der Waals surface area contributed by atoms with E-state index >= 15 is 0 Å². The van der Waals surface area contributed by atoms with Crippen LogP contribution in [0.3, 0.4) is 0 Å². The van der Waals surface area contributed by atoms with Crippen LogP contribution in [0.5, 0.6) is 0 Å². The monoisotopic (exact) mass is 490 g/mol. The van der Waals surface area contributed by atoms with Crippen LogP contribution >= 0.6 is 23.2 Å². The standard InChI is InChI=1S/C22H20Cl2F4N2O2/c23-14-6-13(7-15(24)9-14)11-30-21(32)17-3-1-2-16(17)20(31)29-10-12-4-5-18(19(25)8-12)22(26,27)28/h4-9,16-17H,1-3,10-11H2,(H,29,31)(H,30,32). The summed E-state index contributed by atoms with van der Waals surface area (Å²) < 4.78 is 51.7. The van der Waals surface area contributed by atoms with Gasteiger partial charge in [0.2, 0.25) is 11.8 Å². The zero-order valence-corrected chi connectivity index (χ0v) is 18.3. The lowest BCUT2D eigenvalue weighted by Crippen LogP contribution is -2.39. The zero-order chi connectivity index (χ0) is 23.5. The second-order valence-corrected chi connectivity index (χ2v) is 8.54. The highest BCUT2D eigenvalue weighted by Crippen LogP contribution is 2.33. The fourth-order valence-electron chi connectivity index (χ4n) is 3.84. The Morgan fingerprint density at radius 1 is 0.875 bits per heavy atom. The van der Waals surface area contributed by atoms with E-state index in [0.29, 0.717) is 35.4 Å². The third kappa shape index (κ3) is 6.13. The first-order chi connectivity index (χ1) is 15.0. The molecule has 1 fully saturated rings. The van der Waals surface area contributed by atoms with Crippen molar-refractivity contribution in [2.75, 3.05) is 0 Å². The largest absolute Gasteiger partial charge is 0.419 e. The van der Waals surface area contributed by atoms with Crippen molar-refractivity contribution in [3.63, 3.8) is 0 Å². The molecule has 0 aliphatic heterocycles. The maximum absolute atomic E-state index is 13.7. The Hall–Kier alpha value is -2.32. The van der Waals surface area contributed by atoms with E-state index in [-0.39, 0.29) is 24.6 Å². The van der Waals surface area contributed by atoms with Gasteiger partial charge in [0, 0.05) is 35.0 Å². The molecule has 0 saturated heterocycles. The summed E-state index contributed by atoms with van der Waals surface area (Å²) in [5, 5.41) is 6.28. The van der Waals surface area contributed by atoms with E-state index < -0.39 is 35.3 Å². The van der Waals surface area contributed by atoms with Crippen LogP contribution in [-0.2, 0) is 28.9 Å². The molecule has 2 aromatic rings. The van der Waals surface area contributed by atoms with Crippen molar-refractivity contribution < 1.29 is 27.2 Å². The highest BCUT2D eigenvalue weighted by atomic mass is 35.5. The Morgan fingerprint density at radius 2 is 1.41 bits per heavy atom. The van der Waals surface area contributed by atoms with E-state index in [2.05, 4.69) is 10.6 Å². The molecule has 10 heteroatoms. The number of rotatable bonds is 6. The molecule has 0 bridgehead atoms. The molecule has 1 aliphatic carbocycles. The molecule has 0 spiro atoms. The lowest BCUT2D eigenvalue weighted by Gasteiger charge is -2.19. The molecular formula is C22H20Cl2F4N2O2. The van der Waals surface area contributed by atoms with Gasteiger partial charge >= 0.3 is 6.18 Å². The van der Waals surface area contributed by atoms with Gasteiger partial charge < -0.3 is 10.6 Å². The van der Waals surface area contributed by atoms with Gasteiger partial charge in [-0.15, -0.1) is 0 Å². The van der Waals surface area contributed by atoms with Gasteiger partial charge in [0.05, 0.1) is 5.56 Å². The average molecular weight is 491 g/mol. The Kier molecular flexibility index (Phi) is 7.67. The maximum atomic E-state index is 13.7. The van der Waals surface area contributed by atoms with Gasteiger partial charge in [-0.25, -0.2) is 4.39 Å². The van der Waals surface area contributed by atoms with Crippen molar-refractivity contribution in [2.24, 2.45) is 11.8 Å². The van der Waals surface area contributed by atoms with Gasteiger partial charge in [0.15, 0.2) is 0 Å². The maximum Gasteiger partial charge on any atom is 0.419 e. The molecule has 2 atom stereocenters. The van der Waals surface area contributed by atoms with Crippen molar-refractivity contribution in [3.8, 4) is 0 Å². The van der Waals surface area contributed by atoms with Crippen LogP contribution in [0.25, 0.3) is 0 Å². The van der Waals surface area contributed by atoms with E-state index in [1.54, 1.807) is 18.2 Å². The minimum atomic E-state index is -4.79. The lowest BCUT2D eigenvalue weighted by atomic mass is 9.94. The molecule has 1 saturated carbocycles. The normalized spacial score (nSPS) is 18.4. The van der Waals surface area contributed by atoms with Gasteiger partial charge in [-0.1, -0.05) is 35.7 Å². The van der Waals surface area contributed by atoms with Crippen LogP contribution < -0.4 is 10.6 Å². The number of amides is 2. The van der Waals surface area contributed by atoms with E-state index in [4.69, 9.17) is 23.2 Å². The summed E-state index contributed by atoms with van der Waals surface area (Å²) in [5.41, 5.74) is -0.444. The second-order valence-electron chi connectivity index (χ2n) is 7.67. The molecular weight excluding hydrogens is 471 g/mol. The Morgan fingerprint density at radius 3 is 1.91 bits per heavy atom. The van der Waals surface area contributed by atoms with Gasteiger partial charge in [-0.3, -0.25) is 9.59 Å². The van der Waals surface area contributed by atoms with Crippen LogP contribution in [0.4, 0.5) is 17.6 Å². The van der Waals surface area contributed by atoms with Crippen LogP contribution in [0.1, 0.15) is 36.0 Å². The van der Waals surface area contributed by atoms with E-state index in [0.717, 1.165) is 17.7 Å². The summed E-state index contributed by atoms with van der Waals surface area (Å²) in [7, 11) is 0. The summed E-state index contributed by atoms with van der Waals surface area (Å²) in [6.07, 6.45) is -3.05. The summed E-state index contributed by atoms with van der Waals surface area (Å²) in [6.45, 7) is 0.0640. The van der Waals surface area contributed by atoms with Crippen molar-refractivity contribution in [1.29, 1.82) is 0 Å². The minimum absolute atomic E-state index is 0.139. The van der Waals surface area contributed by atoms with Gasteiger partial charge in [-0.05, 0) is 54.3 Å². The van der Waals surface area contributed by atoms with E-state index in [1.165, 1.54) is 0 Å². The van der Waals surface area contributed by atoms with Crippen LogP contribution in [0, 0.1) is 17.7 Å². The molecule has 0 heterocycles. The second kappa shape index (κ2) is 10.1. The Labute approximate surface area is 192 Å². The van der Waals surface area contributed by atoms with E-state index in [1.807, 2.05) is 0 Å². The third-order valence-corrected chi connectivity index (χ3v) is 5.82. The third-order valence-electron chi connectivity index (χ3n) is 5.38. The first-order valence-corrected chi connectivity index (χ1v) is 10.7. The molecule has 1 aliphatic rings. The fourth-order valence-corrected chi connectivity index (χ4v) is 4.41. The number of alkyl halides is 3. The number of halogens is 6. The number of hydrogen-bond donors (Lipinski definition) is 2. The molecule has 4 nitrogen and oxygen atoms in total. The molecule has 2 aromatic carbocycles. The number of hydrogen-bond acceptors (Lipinski definition) is 2. The Bertz CT molecular complexity index is 994. The van der Waals surface area contributed by atoms with Gasteiger partial charge in [0.25, 0.3) is 0 Å². The topological polar surface area (TPSA) is 58.2 Å². The fraction of sp³-hybridized carbons (Fsp3) is 0.364. The van der Waals surface area contributed by atoms with Crippen LogP contribution in [-0.4, -0.2) is 11.8 Å². The molecule has 0 aromatic heterocycles. The predicted octanol–water partition coefficient (Wildman–Crippen LogP) is 5.50. The first kappa shape index (κ1) is 24.3. The number of nitrogens with one attached hydrogen (secondary N) is 2. The van der Waals surface area contributed by atoms with Crippen molar-refractivity contribution in [3.05, 3.63) is 69.0 Å². The first-order valence-electron chi connectivity index (χ1n) is 9.90. The van der Waals surface area contributed by atoms with Gasteiger partial charge in [-0.2, -0.15) is 13.2 Å². The lowest BCUT2D eigenvalue weighted by molar-refractivity contribution is -0.140. The number of benzene rings is 2. The molecule has 0 radical (unpaired) electrons. The zero-order valence-electron chi connectivity index (χ0n) is 16.7. The summed E-state index contributed by atoms with van der Waals surface area (Å²) >= 11 is 11.9. The summed E-state index contributed by atoms with van der Waals surface area (Å²) in [4.78, 5) is 25.2. The SMILES string of the molecule is O=C(NCc1cc(Cl)cc(Cl)c1)C1CCCC1C(=O)NCc1ccc(C(F)(F)F)c(F)c1. The average Bonchev–Trinajstić information content (AvgIpc) is 3.18. The molecule has 2 unspecified atom stereocenters. The highest BCUT2D eigenvalue weighted by molar-refractivity contribution is 6.34. The predicted molar refractivity (Wildman–Crippen MR) is 112 cm³/mol. The highest BCUT2D eigenvalue weighted by Gasteiger charge is 2.37. The summed E-state index contributed by atoms with van der Waals surface area (Å²) in [5.74, 6) is -3.18. The molecule has 172 valence electrons. The number of carbonyl (C=O) groups is 2. The summed E-state index contributed by atoms with van der Waals surface area (Å²) in [6, 6.07) is 7.43. The van der Waals surface area contributed by atoms with Crippen molar-refractivity contribution in [2.45, 2.75) is 38.5 Å². The smallest absolute Gasteiger partial charge is 0.352 e. The minimum Gasteiger partial charge on any atom is -0.352 e. The van der Waals surface area contributed by atoms with Crippen LogP contribution in [0.15, 0.2) is 36.4 Å².